The molecule has 4 aliphatic carbocycles. The van der Waals surface area contributed by atoms with Crippen LogP contribution in [0.2, 0.25) is 0 Å². The quantitative estimate of drug-likeness (QED) is 0.0306. The fraction of sp³-hybridized carbons (Fsp3) is 0.413. The Hall–Kier alpha value is -11.5. The van der Waals surface area contributed by atoms with E-state index in [-0.39, 0.29) is 62.7 Å². The van der Waals surface area contributed by atoms with Crippen LogP contribution in [-0.2, 0) is 45.9 Å². The van der Waals surface area contributed by atoms with E-state index in [1.807, 2.05) is 18.2 Å². The highest BCUT2D eigenvalue weighted by Crippen LogP contribution is 2.42. The molecule has 0 unspecified atom stereocenters. The van der Waals surface area contributed by atoms with Crippen molar-refractivity contribution in [3.8, 4) is 17.5 Å². The molecule has 121 heavy (non-hydrogen) atoms. The molecule has 6 N–H and O–H groups in total. The fourth-order valence-corrected chi connectivity index (χ4v) is 18.1. The molecule has 0 atom stereocenters. The maximum atomic E-state index is 13.3. The largest absolute Gasteiger partial charge is 0.384 e. The SMILES string of the molecule is C=CCn1c(=O)c2cnc(Nc3ccc(C4CCC(N(C)C)CC4)cc3)nc2n1-c1cccc(C2(O)COC2)n1.C=CCn1c(=O)c2cnc(Nc3ccc(C4CCC(N(C)C)CC4)cc3)nc2n1-c1cccc(C2(O)COC2)n1.C=CCn1c(=O)c2cnc(Nc3ccc(C4CCC(N5CCC5)CC4)cc3)nc2n1-c1cccc(C2(O)CCC2)n1. The Labute approximate surface area is 701 Å². The third-order valence-electron chi connectivity index (χ3n) is 25.6. The van der Waals surface area contributed by atoms with E-state index in [4.69, 9.17) is 29.4 Å². The number of hydrogen-bond acceptors (Lipinski definition) is 23. The number of pyridine rings is 3. The Morgan fingerprint density at radius 2 is 0.727 bits per heavy atom. The van der Waals surface area contributed by atoms with Crippen LogP contribution in [0.25, 0.3) is 50.6 Å². The number of hydrogen-bond donors (Lipinski definition) is 6. The minimum atomic E-state index is -1.14. The van der Waals surface area contributed by atoms with Crippen LogP contribution < -0.4 is 32.6 Å². The predicted octanol–water partition coefficient (Wildman–Crippen LogP) is 12.4. The molecule has 7 aliphatic rings. The molecule has 9 aromatic heterocycles. The number of allylic oxidation sites excluding steroid dienone is 3. The first kappa shape index (κ1) is 81.8. The van der Waals surface area contributed by atoms with Crippen LogP contribution in [-0.4, -0.2) is 189 Å². The van der Waals surface area contributed by atoms with Crippen LogP contribution in [0.5, 0.6) is 0 Å². The lowest BCUT2D eigenvalue weighted by Gasteiger charge is -2.42. The minimum absolute atomic E-state index is 0.182. The number of anilines is 6. The predicted molar refractivity (Wildman–Crippen MR) is 468 cm³/mol. The van der Waals surface area contributed by atoms with E-state index < -0.39 is 16.8 Å². The molecule has 0 amide bonds. The summed E-state index contributed by atoms with van der Waals surface area (Å²) in [5.74, 6) is 4.39. The van der Waals surface area contributed by atoms with E-state index in [1.54, 1.807) is 79.6 Å². The molecular formula is C92H107N21O8. The van der Waals surface area contributed by atoms with Gasteiger partial charge in [0, 0.05) is 53.8 Å². The van der Waals surface area contributed by atoms with Crippen molar-refractivity contribution in [2.75, 3.05) is 83.7 Å². The summed E-state index contributed by atoms with van der Waals surface area (Å²) in [6.07, 6.45) is 28.1. The van der Waals surface area contributed by atoms with Crippen molar-refractivity contribution in [3.05, 3.63) is 249 Å². The van der Waals surface area contributed by atoms with Gasteiger partial charge in [-0.1, -0.05) is 72.8 Å². The second-order valence-electron chi connectivity index (χ2n) is 33.9. The Kier molecular flexibility index (Phi) is 23.6. The van der Waals surface area contributed by atoms with Crippen LogP contribution in [0.1, 0.15) is 154 Å². The van der Waals surface area contributed by atoms with Crippen LogP contribution in [0.15, 0.2) is 198 Å². The van der Waals surface area contributed by atoms with Crippen LogP contribution in [0, 0.1) is 0 Å². The molecule has 19 rings (SSSR count). The monoisotopic (exact) mass is 1630 g/mol. The lowest BCUT2D eigenvalue weighted by molar-refractivity contribution is -0.186. The van der Waals surface area contributed by atoms with Crippen molar-refractivity contribution in [1.82, 2.24) is 87.6 Å². The summed E-state index contributed by atoms with van der Waals surface area (Å²) in [5.41, 5.74) is 5.74. The highest BCUT2D eigenvalue weighted by atomic mass is 16.5. The summed E-state index contributed by atoms with van der Waals surface area (Å²) < 4.78 is 20.0. The Balaban J connectivity index is 0.000000129. The van der Waals surface area contributed by atoms with Gasteiger partial charge in [0.1, 0.15) is 21.8 Å². The van der Waals surface area contributed by atoms with E-state index in [0.717, 1.165) is 29.5 Å². The van der Waals surface area contributed by atoms with Crippen LogP contribution in [0.4, 0.5) is 34.9 Å². The first-order valence-corrected chi connectivity index (χ1v) is 42.5. The van der Waals surface area contributed by atoms with Crippen molar-refractivity contribution in [1.29, 1.82) is 0 Å². The van der Waals surface area contributed by atoms with Crippen molar-refractivity contribution in [2.24, 2.45) is 0 Å². The van der Waals surface area contributed by atoms with Gasteiger partial charge in [-0.25, -0.2) is 58.0 Å². The molecule has 0 bridgehead atoms. The third kappa shape index (κ3) is 16.8. The average molecular weight is 1640 g/mol. The van der Waals surface area contributed by atoms with Gasteiger partial charge in [0.2, 0.25) is 17.8 Å². The molecule has 29 nitrogen and oxygen atoms in total. The molecule has 0 spiro atoms. The number of nitrogens with zero attached hydrogens (tertiary/aromatic N) is 18. The Morgan fingerprint density at radius 1 is 0.413 bits per heavy atom. The van der Waals surface area contributed by atoms with Crippen molar-refractivity contribution >= 4 is 68.0 Å². The van der Waals surface area contributed by atoms with E-state index >= 15 is 0 Å². The van der Waals surface area contributed by atoms with E-state index in [2.05, 4.69) is 176 Å². The maximum Gasteiger partial charge on any atom is 0.278 e. The summed E-state index contributed by atoms with van der Waals surface area (Å²) in [5, 5.41) is 43.5. The van der Waals surface area contributed by atoms with Gasteiger partial charge in [0.05, 0.1) is 63.1 Å². The average Bonchev–Trinajstić information content (AvgIpc) is 1.62. The fourth-order valence-electron chi connectivity index (χ4n) is 18.1. The van der Waals surface area contributed by atoms with Crippen molar-refractivity contribution < 1.29 is 24.8 Å². The number of fused-ring (bicyclic) bond motifs is 3. The zero-order valence-corrected chi connectivity index (χ0v) is 69.3. The minimum Gasteiger partial charge on any atom is -0.384 e. The third-order valence-corrected chi connectivity index (χ3v) is 25.6. The molecule has 12 aromatic rings. The zero-order chi connectivity index (χ0) is 83.7. The lowest BCUT2D eigenvalue weighted by Crippen LogP contribution is -2.47. The molecule has 29 heteroatoms. The lowest BCUT2D eigenvalue weighted by atomic mass is 9.77. The molecule has 7 fully saturated rings. The first-order chi connectivity index (χ1) is 58.7. The number of aromatic nitrogens is 15. The maximum absolute atomic E-state index is 13.3. The normalized spacial score (nSPS) is 21.0. The van der Waals surface area contributed by atoms with Gasteiger partial charge in [-0.15, -0.1) is 19.7 Å². The van der Waals surface area contributed by atoms with E-state index in [1.165, 1.54) is 135 Å². The molecule has 3 saturated heterocycles. The molecule has 628 valence electrons. The molecule has 12 heterocycles. The molecule has 4 saturated carbocycles. The van der Waals surface area contributed by atoms with Crippen LogP contribution >= 0.6 is 0 Å². The van der Waals surface area contributed by atoms with Gasteiger partial charge in [0.25, 0.3) is 16.7 Å². The summed E-state index contributed by atoms with van der Waals surface area (Å²) in [4.78, 5) is 88.9. The van der Waals surface area contributed by atoms with Gasteiger partial charge in [0.15, 0.2) is 45.6 Å². The van der Waals surface area contributed by atoms with E-state index in [9.17, 15) is 29.7 Å². The molecule has 3 aromatic carbocycles. The number of aliphatic hydroxyl groups is 3. The highest BCUT2D eigenvalue weighted by Gasteiger charge is 2.42. The number of ether oxygens (including phenoxy) is 2. The van der Waals surface area contributed by atoms with Gasteiger partial charge < -0.3 is 55.4 Å². The number of benzene rings is 3. The van der Waals surface area contributed by atoms with Crippen molar-refractivity contribution in [2.45, 2.75) is 175 Å². The Morgan fingerprint density at radius 3 is 0.992 bits per heavy atom. The standard InChI is InChI=1S/C32H37N7O2.2C30H35N7O3/c1-2-18-38-30(40)26-21-33-31(36-29(26)39(38)28-7-3-6-27(35-28)32(41)16-4-17-32)34-24-12-8-22(9-13-24)23-10-14-25(15-11-23)37-19-5-20-37;2*1-4-16-36-28(38)24-17-31-29(32-22-12-8-20(9-13-22)21-10-14-23(15-11-21)35(2)3)34-27(24)37(36)26-7-5-6-25(33-26)30(39)18-40-19-30/h2-3,6-9,12-13,21,23,25,41H,1,4-5,10-11,14-20H2,(H,33,34,36);2*4-9,12-13,17,21,23,39H,1,10-11,14-16,18-19H2,2-3H3,(H,31,32,34). The number of likely N-dealkylation sites (tertiary alicyclic amines) is 1. The first-order valence-electron chi connectivity index (χ1n) is 42.5. The van der Waals surface area contributed by atoms with Gasteiger partial charge >= 0.3 is 0 Å². The molecule has 0 radical (unpaired) electrons. The smallest absolute Gasteiger partial charge is 0.278 e. The second kappa shape index (κ2) is 34.9. The van der Waals surface area contributed by atoms with Gasteiger partial charge in [-0.05, 0) is 251 Å². The number of nitrogens with one attached hydrogen (secondary N) is 3. The van der Waals surface area contributed by atoms with Gasteiger partial charge in [-0.3, -0.25) is 14.4 Å². The van der Waals surface area contributed by atoms with Gasteiger partial charge in [-0.2, -0.15) is 15.0 Å². The summed E-state index contributed by atoms with van der Waals surface area (Å²) in [6.45, 7) is 15.5. The molecule has 3 aliphatic heterocycles. The Bertz CT molecular complexity index is 5690. The zero-order valence-electron chi connectivity index (χ0n) is 69.3. The second-order valence-corrected chi connectivity index (χ2v) is 33.9. The summed E-state index contributed by atoms with van der Waals surface area (Å²) in [6, 6.07) is 43.9. The molecular weight excluding hydrogens is 1530 g/mol. The topological polar surface area (TPSA) is 322 Å². The van der Waals surface area contributed by atoms with Crippen molar-refractivity contribution in [3.63, 3.8) is 0 Å². The number of rotatable bonds is 24. The highest BCUT2D eigenvalue weighted by molar-refractivity contribution is 5.79. The summed E-state index contributed by atoms with van der Waals surface area (Å²) >= 11 is 0. The van der Waals surface area contributed by atoms with Crippen LogP contribution in [0.3, 0.4) is 0 Å². The summed E-state index contributed by atoms with van der Waals surface area (Å²) in [7, 11) is 8.67. The van der Waals surface area contributed by atoms with E-state index in [0.29, 0.717) is 128 Å².